The molecule has 1 N–H and O–H groups in total. The summed E-state index contributed by atoms with van der Waals surface area (Å²) < 4.78 is 13.6. The second kappa shape index (κ2) is 5.81. The summed E-state index contributed by atoms with van der Waals surface area (Å²) in [6.07, 6.45) is 9.19. The Balaban J connectivity index is 1.51. The molecule has 5 heteroatoms. The van der Waals surface area contributed by atoms with Gasteiger partial charge in [0.15, 0.2) is 17.4 Å². The summed E-state index contributed by atoms with van der Waals surface area (Å²) in [5, 5.41) is 11.3. The van der Waals surface area contributed by atoms with Crippen LogP contribution in [0.1, 0.15) is 59.3 Å². The van der Waals surface area contributed by atoms with Crippen molar-refractivity contribution in [2.45, 2.75) is 82.4 Å². The van der Waals surface area contributed by atoms with Crippen LogP contribution in [0.4, 0.5) is 0 Å². The molecule has 160 valence electrons. The molecule has 4 aliphatic carbocycles. The van der Waals surface area contributed by atoms with Gasteiger partial charge in [-0.3, -0.25) is 9.59 Å². The Kier molecular flexibility index (Phi) is 3.71. The van der Waals surface area contributed by atoms with Gasteiger partial charge in [0.2, 0.25) is 0 Å². The Morgan fingerprint density at radius 2 is 1.83 bits per heavy atom. The van der Waals surface area contributed by atoms with E-state index in [1.165, 1.54) is 6.08 Å². The van der Waals surface area contributed by atoms with Crippen molar-refractivity contribution in [3.63, 3.8) is 0 Å². The molecule has 30 heavy (non-hydrogen) atoms. The lowest BCUT2D eigenvalue weighted by Gasteiger charge is -2.57. The maximum atomic E-state index is 13.1. The molecule has 3 fully saturated rings. The molecule has 7 atom stereocenters. The average Bonchev–Trinajstić information content (AvgIpc) is 3.18. The fourth-order valence-electron chi connectivity index (χ4n) is 7.52. The zero-order valence-electron chi connectivity index (χ0n) is 17.9. The lowest BCUT2D eigenvalue weighted by Crippen LogP contribution is -2.63. The number of carbonyl (C=O) groups excluding carboxylic acids is 2. The van der Waals surface area contributed by atoms with Crippen LogP contribution in [-0.4, -0.2) is 39.8 Å². The van der Waals surface area contributed by atoms with Crippen LogP contribution in [0.3, 0.4) is 0 Å². The number of hydrogen-bond donors (Lipinski definition) is 1. The molecule has 2 aliphatic heterocycles. The number of aliphatic hydroxyl groups excluding tert-OH is 1. The van der Waals surface area contributed by atoms with E-state index >= 15 is 0 Å². The molecule has 0 aromatic carbocycles. The highest BCUT2D eigenvalue weighted by molar-refractivity contribution is 6.12. The number of rotatable bonds is 0. The highest BCUT2D eigenvalue weighted by atomic mass is 16.7. The molecule has 1 saturated carbocycles. The molecular weight excluding hydrogens is 380 g/mol. The summed E-state index contributed by atoms with van der Waals surface area (Å²) in [6.45, 7) is 6.44. The molecule has 6 aliphatic rings. The molecule has 0 amide bonds. The van der Waals surface area contributed by atoms with Gasteiger partial charge in [-0.1, -0.05) is 13.0 Å². The number of fused-ring (bicyclic) bond motifs is 3. The van der Waals surface area contributed by atoms with Crippen molar-refractivity contribution in [3.8, 4) is 0 Å². The van der Waals surface area contributed by atoms with Crippen LogP contribution < -0.4 is 0 Å². The monoisotopic (exact) mass is 410 g/mol. The SMILES string of the molecule is CC1C2CCC3(OC14CCC(C)(C)O4)C1=CC(=O)C4=CC(=O)CCC4C1=C[C@@H](O)C23. The third kappa shape index (κ3) is 2.29. The van der Waals surface area contributed by atoms with E-state index in [-0.39, 0.29) is 34.9 Å². The summed E-state index contributed by atoms with van der Waals surface area (Å²) in [5.41, 5.74) is 1.61. The van der Waals surface area contributed by atoms with Gasteiger partial charge in [0.05, 0.1) is 11.7 Å². The number of carbonyl (C=O) groups is 2. The van der Waals surface area contributed by atoms with E-state index in [1.807, 2.05) is 6.08 Å². The van der Waals surface area contributed by atoms with Gasteiger partial charge >= 0.3 is 0 Å². The normalized spacial score (nSPS) is 48.5. The van der Waals surface area contributed by atoms with E-state index in [0.29, 0.717) is 24.3 Å². The zero-order valence-corrected chi connectivity index (χ0v) is 17.9. The van der Waals surface area contributed by atoms with Gasteiger partial charge in [-0.2, -0.15) is 0 Å². The zero-order chi connectivity index (χ0) is 21.1. The van der Waals surface area contributed by atoms with Crippen LogP contribution in [0.25, 0.3) is 0 Å². The summed E-state index contributed by atoms with van der Waals surface area (Å²) >= 11 is 0. The van der Waals surface area contributed by atoms with Crippen molar-refractivity contribution < 1.29 is 24.2 Å². The minimum atomic E-state index is -0.677. The molecule has 0 aromatic heterocycles. The molecule has 6 rings (SSSR count). The molecule has 1 spiro atoms. The van der Waals surface area contributed by atoms with Gasteiger partial charge in [0, 0.05) is 36.2 Å². The van der Waals surface area contributed by atoms with Crippen molar-refractivity contribution in [2.24, 2.45) is 23.7 Å². The first kappa shape index (κ1) is 19.1. The van der Waals surface area contributed by atoms with Crippen molar-refractivity contribution in [2.75, 3.05) is 0 Å². The summed E-state index contributed by atoms with van der Waals surface area (Å²) in [5.74, 6) is -0.399. The number of hydrogen-bond acceptors (Lipinski definition) is 5. The quantitative estimate of drug-likeness (QED) is 0.663. The molecule has 0 aromatic rings. The molecular formula is C25H30O5. The van der Waals surface area contributed by atoms with Gasteiger partial charge in [0.1, 0.15) is 5.60 Å². The van der Waals surface area contributed by atoms with Crippen LogP contribution >= 0.6 is 0 Å². The molecule has 5 nitrogen and oxygen atoms in total. The lowest BCUT2D eigenvalue weighted by atomic mass is 9.59. The van der Waals surface area contributed by atoms with Crippen molar-refractivity contribution in [3.05, 3.63) is 34.9 Å². The lowest BCUT2D eigenvalue weighted by molar-refractivity contribution is -0.346. The van der Waals surface area contributed by atoms with E-state index < -0.39 is 17.5 Å². The van der Waals surface area contributed by atoms with E-state index in [9.17, 15) is 14.7 Å². The van der Waals surface area contributed by atoms with Gasteiger partial charge in [-0.05, 0) is 68.7 Å². The fraction of sp³-hybridized carbons (Fsp3) is 0.680. The van der Waals surface area contributed by atoms with Crippen molar-refractivity contribution in [1.82, 2.24) is 0 Å². The fourth-order valence-corrected chi connectivity index (χ4v) is 7.52. The number of aliphatic hydroxyl groups is 1. The first-order valence-corrected chi connectivity index (χ1v) is 11.5. The Hall–Kier alpha value is -1.56. The Morgan fingerprint density at radius 1 is 1.03 bits per heavy atom. The van der Waals surface area contributed by atoms with Gasteiger partial charge in [-0.15, -0.1) is 0 Å². The third-order valence-corrected chi connectivity index (χ3v) is 8.86. The van der Waals surface area contributed by atoms with E-state index in [4.69, 9.17) is 9.47 Å². The molecule has 2 heterocycles. The van der Waals surface area contributed by atoms with Crippen LogP contribution in [0, 0.1) is 23.7 Å². The highest BCUT2D eigenvalue weighted by Crippen LogP contribution is 2.66. The van der Waals surface area contributed by atoms with Gasteiger partial charge < -0.3 is 14.6 Å². The minimum Gasteiger partial charge on any atom is -0.389 e. The maximum absolute atomic E-state index is 13.1. The van der Waals surface area contributed by atoms with Crippen LogP contribution in [0.15, 0.2) is 34.9 Å². The van der Waals surface area contributed by atoms with E-state index in [1.54, 1.807) is 6.08 Å². The average molecular weight is 411 g/mol. The van der Waals surface area contributed by atoms with Gasteiger partial charge in [0.25, 0.3) is 0 Å². The molecule has 2 saturated heterocycles. The maximum Gasteiger partial charge on any atom is 0.182 e. The Morgan fingerprint density at radius 3 is 2.57 bits per heavy atom. The predicted molar refractivity (Wildman–Crippen MR) is 109 cm³/mol. The topological polar surface area (TPSA) is 72.8 Å². The molecule has 0 radical (unpaired) electrons. The van der Waals surface area contributed by atoms with Crippen LogP contribution in [-0.2, 0) is 19.1 Å². The highest BCUT2D eigenvalue weighted by Gasteiger charge is 2.69. The number of ketones is 2. The summed E-state index contributed by atoms with van der Waals surface area (Å²) in [4.78, 5) is 25.0. The molecule has 6 unspecified atom stereocenters. The van der Waals surface area contributed by atoms with E-state index in [2.05, 4.69) is 20.8 Å². The second-order valence-electron chi connectivity index (χ2n) is 10.9. The van der Waals surface area contributed by atoms with Crippen molar-refractivity contribution >= 4 is 11.6 Å². The first-order valence-electron chi connectivity index (χ1n) is 11.5. The predicted octanol–water partition coefficient (Wildman–Crippen LogP) is 3.42. The van der Waals surface area contributed by atoms with E-state index in [0.717, 1.165) is 36.8 Å². The largest absolute Gasteiger partial charge is 0.389 e. The molecule has 2 bridgehead atoms. The smallest absolute Gasteiger partial charge is 0.182 e. The third-order valence-electron chi connectivity index (χ3n) is 8.86. The Bertz CT molecular complexity index is 955. The second-order valence-corrected chi connectivity index (χ2v) is 10.9. The van der Waals surface area contributed by atoms with Crippen LogP contribution in [0.5, 0.6) is 0 Å². The Labute approximate surface area is 177 Å². The summed E-state index contributed by atoms with van der Waals surface area (Å²) in [7, 11) is 0. The summed E-state index contributed by atoms with van der Waals surface area (Å²) in [6, 6.07) is 0. The number of ether oxygens (including phenoxy) is 2. The van der Waals surface area contributed by atoms with Gasteiger partial charge in [-0.25, -0.2) is 0 Å². The minimum absolute atomic E-state index is 0.0173. The first-order chi connectivity index (χ1) is 14.2. The van der Waals surface area contributed by atoms with Crippen molar-refractivity contribution in [1.29, 1.82) is 0 Å². The number of allylic oxidation sites excluding steroid dienone is 3. The van der Waals surface area contributed by atoms with Crippen LogP contribution in [0.2, 0.25) is 0 Å². The standard InChI is InChI=1S/C25H30O5/c1-13-15-6-7-24(30-25(13)9-8-23(2,3)29-25)19-12-20(27)18-10-14(26)4-5-16(18)17(19)11-21(28)22(15)24/h10-13,15-16,21-22,28H,4-9H2,1-3H3/t13?,15?,16?,21-,22?,24?,25?/m1/s1.